The van der Waals surface area contributed by atoms with Crippen molar-refractivity contribution in [1.82, 2.24) is 0 Å². The van der Waals surface area contributed by atoms with Crippen LogP contribution in [0.2, 0.25) is 0 Å². The average Bonchev–Trinajstić information content (AvgIpc) is 2.27. The van der Waals surface area contributed by atoms with Crippen LogP contribution in [-0.4, -0.2) is 41.2 Å². The summed E-state index contributed by atoms with van der Waals surface area (Å²) in [6, 6.07) is 5.64. The first kappa shape index (κ1) is 14.0. The van der Waals surface area contributed by atoms with E-state index in [0.29, 0.717) is 18.6 Å². The molecule has 0 aliphatic carbocycles. The highest BCUT2D eigenvalue weighted by Crippen LogP contribution is 2.18. The summed E-state index contributed by atoms with van der Waals surface area (Å²) in [6.07, 6.45) is 0.604. The van der Waals surface area contributed by atoms with Gasteiger partial charge in [-0.1, -0.05) is 6.07 Å². The molecule has 4 nitrogen and oxygen atoms in total. The Kier molecular flexibility index (Phi) is 5.97. The van der Waals surface area contributed by atoms with Crippen molar-refractivity contribution in [2.75, 3.05) is 19.8 Å². The summed E-state index contributed by atoms with van der Waals surface area (Å²) in [5, 5.41) is 27.0. The third-order valence-corrected chi connectivity index (χ3v) is 2.32. The summed E-state index contributed by atoms with van der Waals surface area (Å²) >= 11 is 0. The van der Waals surface area contributed by atoms with E-state index in [-0.39, 0.29) is 19.8 Å². The van der Waals surface area contributed by atoms with E-state index in [0.717, 1.165) is 11.1 Å². The van der Waals surface area contributed by atoms with Crippen LogP contribution in [0, 0.1) is 0 Å². The predicted octanol–water partition coefficient (Wildman–Crippen LogP) is 0.516. The lowest BCUT2D eigenvalue weighted by atomic mass is 10.1. The normalized spacial score (nSPS) is 12.5. The zero-order valence-corrected chi connectivity index (χ0v) is 10.1. The molecule has 0 bridgehead atoms. The molecule has 1 rings (SSSR count). The fraction of sp³-hybridized carbons (Fsp3) is 0.538. The molecule has 1 aromatic rings. The number of benzene rings is 1. The van der Waals surface area contributed by atoms with E-state index >= 15 is 0 Å². The van der Waals surface area contributed by atoms with Crippen molar-refractivity contribution in [2.24, 2.45) is 0 Å². The minimum Gasteiger partial charge on any atom is -0.491 e. The Balaban J connectivity index is 2.79. The van der Waals surface area contributed by atoms with Crippen LogP contribution in [0.3, 0.4) is 0 Å². The van der Waals surface area contributed by atoms with Gasteiger partial charge < -0.3 is 20.1 Å². The van der Waals surface area contributed by atoms with Gasteiger partial charge in [-0.15, -0.1) is 0 Å². The largest absolute Gasteiger partial charge is 0.491 e. The van der Waals surface area contributed by atoms with Crippen LogP contribution >= 0.6 is 0 Å². The Morgan fingerprint density at radius 1 is 1.06 bits per heavy atom. The number of ether oxygens (including phenoxy) is 1. The fourth-order valence-corrected chi connectivity index (χ4v) is 1.58. The molecule has 1 aromatic carbocycles. The molecule has 0 aliphatic rings. The highest BCUT2D eigenvalue weighted by atomic mass is 16.5. The molecule has 3 N–H and O–H groups in total. The lowest BCUT2D eigenvalue weighted by molar-refractivity contribution is 0.122. The van der Waals surface area contributed by atoms with Crippen molar-refractivity contribution in [3.05, 3.63) is 29.3 Å². The number of hydrogen-bond acceptors (Lipinski definition) is 4. The maximum Gasteiger partial charge on any atom is 0.119 e. The molecule has 0 aromatic heterocycles. The van der Waals surface area contributed by atoms with Crippen molar-refractivity contribution in [1.29, 1.82) is 0 Å². The van der Waals surface area contributed by atoms with Crippen molar-refractivity contribution < 1.29 is 20.1 Å². The molecule has 1 unspecified atom stereocenters. The first-order valence-corrected chi connectivity index (χ1v) is 5.81. The second kappa shape index (κ2) is 7.27. The summed E-state index contributed by atoms with van der Waals surface area (Å²) in [4.78, 5) is 0. The number of aliphatic hydroxyl groups is 3. The van der Waals surface area contributed by atoms with E-state index in [9.17, 15) is 0 Å². The van der Waals surface area contributed by atoms with Gasteiger partial charge in [-0.2, -0.15) is 0 Å². The summed E-state index contributed by atoms with van der Waals surface area (Å²) < 4.78 is 5.43. The molecule has 96 valence electrons. The summed E-state index contributed by atoms with van der Waals surface area (Å²) in [5.74, 6) is 0.667. The van der Waals surface area contributed by atoms with Crippen LogP contribution in [0.15, 0.2) is 18.2 Å². The van der Waals surface area contributed by atoms with E-state index in [4.69, 9.17) is 20.1 Å². The maximum absolute atomic E-state index is 9.15. The highest BCUT2D eigenvalue weighted by molar-refractivity contribution is 5.35. The van der Waals surface area contributed by atoms with Gasteiger partial charge in [0.2, 0.25) is 0 Å². The molecule has 0 fully saturated rings. The van der Waals surface area contributed by atoms with Gasteiger partial charge in [0, 0.05) is 13.2 Å². The van der Waals surface area contributed by atoms with Crippen LogP contribution in [0.1, 0.15) is 18.1 Å². The molecular weight excluding hydrogens is 220 g/mol. The first-order chi connectivity index (χ1) is 8.15. The van der Waals surface area contributed by atoms with Gasteiger partial charge in [0.15, 0.2) is 0 Å². The van der Waals surface area contributed by atoms with E-state index in [2.05, 4.69) is 0 Å². The Morgan fingerprint density at radius 2 is 1.59 bits per heavy atom. The van der Waals surface area contributed by atoms with Gasteiger partial charge >= 0.3 is 0 Å². The molecule has 0 radical (unpaired) electrons. The van der Waals surface area contributed by atoms with Crippen LogP contribution in [0.5, 0.6) is 5.75 Å². The van der Waals surface area contributed by atoms with Crippen molar-refractivity contribution in [3.8, 4) is 5.75 Å². The molecule has 0 aliphatic heterocycles. The summed E-state index contributed by atoms with van der Waals surface area (Å²) in [7, 11) is 0. The van der Waals surface area contributed by atoms with Crippen molar-refractivity contribution >= 4 is 0 Å². The zero-order chi connectivity index (χ0) is 12.7. The fourth-order valence-electron chi connectivity index (χ4n) is 1.58. The third kappa shape index (κ3) is 5.17. The minimum absolute atomic E-state index is 0.0818. The monoisotopic (exact) mass is 240 g/mol. The lowest BCUT2D eigenvalue weighted by Gasteiger charge is -2.11. The van der Waals surface area contributed by atoms with E-state index < -0.39 is 6.10 Å². The molecule has 1 atom stereocenters. The molecule has 17 heavy (non-hydrogen) atoms. The second-order valence-electron chi connectivity index (χ2n) is 4.09. The Bertz CT molecular complexity index is 312. The zero-order valence-electron chi connectivity index (χ0n) is 10.1. The standard InChI is InChI=1S/C13H20O4/c1-10(16)9-17-13-7-11(2-4-14)6-12(8-13)3-5-15/h6-8,10,14-16H,2-5,9H2,1H3. The van der Waals surface area contributed by atoms with Crippen LogP contribution in [-0.2, 0) is 12.8 Å². The predicted molar refractivity (Wildman–Crippen MR) is 65.2 cm³/mol. The quantitative estimate of drug-likeness (QED) is 0.649. The van der Waals surface area contributed by atoms with Gasteiger partial charge in [-0.25, -0.2) is 0 Å². The van der Waals surface area contributed by atoms with Gasteiger partial charge in [0.1, 0.15) is 12.4 Å². The number of aliphatic hydroxyl groups excluding tert-OH is 3. The van der Waals surface area contributed by atoms with Crippen LogP contribution in [0.25, 0.3) is 0 Å². The highest BCUT2D eigenvalue weighted by Gasteiger charge is 2.04. The van der Waals surface area contributed by atoms with Crippen molar-refractivity contribution in [2.45, 2.75) is 25.9 Å². The number of rotatable bonds is 7. The molecule has 0 saturated heterocycles. The maximum atomic E-state index is 9.15. The van der Waals surface area contributed by atoms with E-state index in [1.165, 1.54) is 0 Å². The van der Waals surface area contributed by atoms with Crippen molar-refractivity contribution in [3.63, 3.8) is 0 Å². The molecule has 4 heteroatoms. The second-order valence-corrected chi connectivity index (χ2v) is 4.09. The van der Waals surface area contributed by atoms with Crippen LogP contribution in [0.4, 0.5) is 0 Å². The SMILES string of the molecule is CC(O)COc1cc(CCO)cc(CCO)c1. The Labute approximate surface area is 101 Å². The van der Waals surface area contributed by atoms with Gasteiger partial charge in [0.05, 0.1) is 6.10 Å². The van der Waals surface area contributed by atoms with Gasteiger partial charge in [-0.3, -0.25) is 0 Å². The summed E-state index contributed by atoms with van der Waals surface area (Å²) in [5.41, 5.74) is 1.94. The first-order valence-electron chi connectivity index (χ1n) is 5.81. The van der Waals surface area contributed by atoms with Gasteiger partial charge in [-0.05, 0) is 43.0 Å². The molecular formula is C13H20O4. The minimum atomic E-state index is -0.516. The average molecular weight is 240 g/mol. The van der Waals surface area contributed by atoms with E-state index in [1.807, 2.05) is 18.2 Å². The summed E-state index contributed by atoms with van der Waals surface area (Å²) in [6.45, 7) is 2.06. The Morgan fingerprint density at radius 3 is 2.00 bits per heavy atom. The van der Waals surface area contributed by atoms with Gasteiger partial charge in [0.25, 0.3) is 0 Å². The van der Waals surface area contributed by atoms with Crippen LogP contribution < -0.4 is 4.74 Å². The smallest absolute Gasteiger partial charge is 0.119 e. The topological polar surface area (TPSA) is 69.9 Å². The molecule has 0 saturated carbocycles. The third-order valence-electron chi connectivity index (χ3n) is 2.32. The molecule has 0 heterocycles. The lowest BCUT2D eigenvalue weighted by Crippen LogP contribution is -2.13. The molecule has 0 spiro atoms. The number of hydrogen-bond donors (Lipinski definition) is 3. The Hall–Kier alpha value is -1.10. The molecule has 0 amide bonds. The van der Waals surface area contributed by atoms with E-state index in [1.54, 1.807) is 6.92 Å².